The lowest BCUT2D eigenvalue weighted by Gasteiger charge is -2.46. The Labute approximate surface area is 182 Å². The molecular weight excluding hydrogens is 390 g/mol. The molecule has 1 fully saturated rings. The first kappa shape index (κ1) is 20.1. The van der Waals surface area contributed by atoms with Crippen LogP contribution in [0.15, 0.2) is 41.9 Å². The van der Waals surface area contributed by atoms with Crippen molar-refractivity contribution in [1.82, 2.24) is 14.9 Å². The van der Waals surface area contributed by atoms with Crippen LogP contribution in [0.4, 0.5) is 0 Å². The molecule has 2 heterocycles. The van der Waals surface area contributed by atoms with Crippen molar-refractivity contribution in [2.45, 2.75) is 44.2 Å². The van der Waals surface area contributed by atoms with Crippen molar-refractivity contribution in [2.24, 2.45) is 28.5 Å². The van der Waals surface area contributed by atoms with Crippen LogP contribution >= 0.6 is 0 Å². The van der Waals surface area contributed by atoms with Gasteiger partial charge in [0.1, 0.15) is 6.33 Å². The predicted octanol–water partition coefficient (Wildman–Crippen LogP) is 2.75. The van der Waals surface area contributed by atoms with E-state index in [1.807, 2.05) is 0 Å². The average Bonchev–Trinajstić information content (AvgIpc) is 2.94. The number of likely N-dealkylation sites (N-methyl/N-ethyl adjacent to an activating group) is 1. The lowest BCUT2D eigenvalue weighted by Crippen LogP contribution is -2.51. The summed E-state index contributed by atoms with van der Waals surface area (Å²) in [5, 5.41) is 0. The number of carbonyl (C=O) groups is 1. The maximum absolute atomic E-state index is 13.8. The largest absolute Gasteiger partial charge is 0.381 e. The van der Waals surface area contributed by atoms with Crippen LogP contribution in [0.25, 0.3) is 11.1 Å². The van der Waals surface area contributed by atoms with Gasteiger partial charge >= 0.3 is 0 Å². The third-order valence-electron chi connectivity index (χ3n) is 7.81. The molecule has 1 saturated carbocycles. The van der Waals surface area contributed by atoms with Crippen molar-refractivity contribution in [1.29, 1.82) is 0 Å². The molecule has 1 aromatic heterocycles. The lowest BCUT2D eigenvalue weighted by atomic mass is 9.61. The number of ether oxygens (including phenoxy) is 1. The molecule has 1 spiro atoms. The smallest absolute Gasteiger partial charge is 0.261 e. The molecule has 7 nitrogen and oxygen atoms in total. The van der Waals surface area contributed by atoms with Gasteiger partial charge in [-0.2, -0.15) is 0 Å². The molecule has 3 aliphatic rings. The second kappa shape index (κ2) is 7.41. The van der Waals surface area contributed by atoms with E-state index in [0.29, 0.717) is 17.8 Å². The maximum atomic E-state index is 13.8. The SMILES string of the molecule is CO[C@@H]1CCC2C(CCc3ccc(-c4cncnc4)cc3C23N=C(N)N(C)C3=O)C1C. The fourth-order valence-corrected chi connectivity index (χ4v) is 6.16. The highest BCUT2D eigenvalue weighted by atomic mass is 16.5. The Hall–Kier alpha value is -2.80. The zero-order chi connectivity index (χ0) is 21.8. The van der Waals surface area contributed by atoms with Crippen LogP contribution in [0.1, 0.15) is 37.3 Å². The molecule has 31 heavy (non-hydrogen) atoms. The topological polar surface area (TPSA) is 93.7 Å². The summed E-state index contributed by atoms with van der Waals surface area (Å²) in [6.07, 6.45) is 9.08. The van der Waals surface area contributed by atoms with E-state index in [0.717, 1.165) is 42.4 Å². The van der Waals surface area contributed by atoms with E-state index < -0.39 is 5.54 Å². The normalized spacial score (nSPS) is 32.4. The van der Waals surface area contributed by atoms with Gasteiger partial charge in [-0.05, 0) is 60.3 Å². The van der Waals surface area contributed by atoms with Crippen molar-refractivity contribution in [3.63, 3.8) is 0 Å². The fourth-order valence-electron chi connectivity index (χ4n) is 6.16. The molecular formula is C24H29N5O2. The van der Waals surface area contributed by atoms with Gasteiger partial charge in [0.2, 0.25) is 0 Å². The number of nitrogens with zero attached hydrogens (tertiary/aromatic N) is 4. The highest BCUT2D eigenvalue weighted by molar-refractivity contribution is 6.07. The minimum Gasteiger partial charge on any atom is -0.381 e. The Morgan fingerprint density at radius 1 is 1.16 bits per heavy atom. The molecule has 0 bridgehead atoms. The Morgan fingerprint density at radius 3 is 2.61 bits per heavy atom. The summed E-state index contributed by atoms with van der Waals surface area (Å²) in [5.74, 6) is 1.06. The monoisotopic (exact) mass is 419 g/mol. The van der Waals surface area contributed by atoms with Gasteiger partial charge in [-0.1, -0.05) is 19.1 Å². The molecule has 0 saturated heterocycles. The standard InChI is InChI=1S/C24H29N5O2/c1-14-18-7-6-15-4-5-16(17-11-26-13-27-12-17)10-20(15)24(19(18)8-9-21(14)31-3)22(30)29(2)23(25)28-24/h4-5,10-14,18-19,21H,6-9H2,1-3H3,(H2,25,28)/t14?,18?,19?,21-,24?/m1/s1. The summed E-state index contributed by atoms with van der Waals surface area (Å²) < 4.78 is 5.80. The van der Waals surface area contributed by atoms with E-state index in [-0.39, 0.29) is 17.9 Å². The van der Waals surface area contributed by atoms with Gasteiger partial charge in [0.25, 0.3) is 5.91 Å². The summed E-state index contributed by atoms with van der Waals surface area (Å²) in [7, 11) is 3.52. The summed E-state index contributed by atoms with van der Waals surface area (Å²) >= 11 is 0. The molecule has 162 valence electrons. The molecule has 2 N–H and O–H groups in total. The number of guanidine groups is 1. The number of hydrogen-bond acceptors (Lipinski definition) is 6. The van der Waals surface area contributed by atoms with Crippen molar-refractivity contribution in [3.8, 4) is 11.1 Å². The first-order valence-corrected chi connectivity index (χ1v) is 11.0. The molecule has 1 amide bonds. The number of benzene rings is 1. The number of aromatic nitrogens is 2. The molecule has 4 unspecified atom stereocenters. The van der Waals surface area contributed by atoms with Crippen LogP contribution in [0.5, 0.6) is 0 Å². The highest BCUT2D eigenvalue weighted by Gasteiger charge is 2.59. The number of nitrogens with two attached hydrogens (primary N) is 1. The number of carbonyl (C=O) groups excluding carboxylic acids is 1. The van der Waals surface area contributed by atoms with E-state index >= 15 is 0 Å². The molecule has 2 aliphatic carbocycles. The highest BCUT2D eigenvalue weighted by Crippen LogP contribution is 2.54. The van der Waals surface area contributed by atoms with Gasteiger partial charge in [-0.15, -0.1) is 0 Å². The molecule has 1 aliphatic heterocycles. The van der Waals surface area contributed by atoms with E-state index in [9.17, 15) is 4.79 Å². The van der Waals surface area contributed by atoms with E-state index in [2.05, 4.69) is 35.1 Å². The van der Waals surface area contributed by atoms with Gasteiger partial charge in [0.05, 0.1) is 6.10 Å². The van der Waals surface area contributed by atoms with Crippen molar-refractivity contribution in [2.75, 3.05) is 14.2 Å². The lowest BCUT2D eigenvalue weighted by molar-refractivity contribution is -0.136. The molecule has 1 aromatic carbocycles. The Kier molecular flexibility index (Phi) is 4.81. The van der Waals surface area contributed by atoms with Crippen LogP contribution < -0.4 is 5.73 Å². The van der Waals surface area contributed by atoms with Crippen molar-refractivity contribution < 1.29 is 9.53 Å². The molecule has 5 atom stereocenters. The van der Waals surface area contributed by atoms with Crippen LogP contribution in [-0.4, -0.2) is 47.0 Å². The third-order valence-corrected chi connectivity index (χ3v) is 7.81. The average molecular weight is 420 g/mol. The summed E-state index contributed by atoms with van der Waals surface area (Å²) in [5.41, 5.74) is 9.36. The quantitative estimate of drug-likeness (QED) is 0.808. The van der Waals surface area contributed by atoms with Crippen molar-refractivity contribution in [3.05, 3.63) is 48.0 Å². The third kappa shape index (κ3) is 2.90. The summed E-state index contributed by atoms with van der Waals surface area (Å²) in [6.45, 7) is 2.26. The number of fused-ring (bicyclic) bond motifs is 4. The minimum absolute atomic E-state index is 0.0207. The Morgan fingerprint density at radius 2 is 1.94 bits per heavy atom. The predicted molar refractivity (Wildman–Crippen MR) is 118 cm³/mol. The van der Waals surface area contributed by atoms with E-state index in [4.69, 9.17) is 15.5 Å². The van der Waals surface area contributed by atoms with Gasteiger partial charge < -0.3 is 10.5 Å². The zero-order valence-corrected chi connectivity index (χ0v) is 18.3. The number of aliphatic imine (C=N–C) groups is 1. The second-order valence-corrected chi connectivity index (χ2v) is 9.12. The number of hydrogen-bond donors (Lipinski definition) is 1. The number of aryl methyl sites for hydroxylation is 1. The zero-order valence-electron chi connectivity index (χ0n) is 18.3. The fraction of sp³-hybridized carbons (Fsp3) is 0.500. The molecule has 5 rings (SSSR count). The van der Waals surface area contributed by atoms with Crippen LogP contribution in [0, 0.1) is 17.8 Å². The van der Waals surface area contributed by atoms with Gasteiger partial charge in [0, 0.05) is 38.0 Å². The molecule has 0 radical (unpaired) electrons. The number of methoxy groups -OCH3 is 1. The van der Waals surface area contributed by atoms with Crippen molar-refractivity contribution >= 4 is 11.9 Å². The van der Waals surface area contributed by atoms with Gasteiger partial charge in [0.15, 0.2) is 11.5 Å². The maximum Gasteiger partial charge on any atom is 0.261 e. The summed E-state index contributed by atoms with van der Waals surface area (Å²) in [6, 6.07) is 6.36. The van der Waals surface area contributed by atoms with Gasteiger partial charge in [-0.25, -0.2) is 15.0 Å². The Bertz CT molecular complexity index is 1040. The first-order valence-electron chi connectivity index (χ1n) is 11.0. The van der Waals surface area contributed by atoms with Crippen LogP contribution in [-0.2, 0) is 21.5 Å². The second-order valence-electron chi connectivity index (χ2n) is 9.12. The first-order chi connectivity index (χ1) is 15.0. The minimum atomic E-state index is -0.978. The Balaban J connectivity index is 1.71. The number of amides is 1. The van der Waals surface area contributed by atoms with Crippen LogP contribution in [0.3, 0.4) is 0 Å². The van der Waals surface area contributed by atoms with E-state index in [1.165, 1.54) is 16.8 Å². The van der Waals surface area contributed by atoms with Crippen LogP contribution in [0.2, 0.25) is 0 Å². The molecule has 2 aromatic rings. The van der Waals surface area contributed by atoms with Gasteiger partial charge in [-0.3, -0.25) is 9.69 Å². The van der Waals surface area contributed by atoms with E-state index in [1.54, 1.807) is 26.6 Å². The molecule has 7 heteroatoms. The summed E-state index contributed by atoms with van der Waals surface area (Å²) in [4.78, 5) is 28.6. The number of rotatable bonds is 2.